The maximum atomic E-state index is 13.1. The van der Waals surface area contributed by atoms with Gasteiger partial charge in [-0.2, -0.15) is 0 Å². The number of ether oxygens (including phenoxy) is 2. The van der Waals surface area contributed by atoms with Crippen molar-refractivity contribution >= 4 is 23.2 Å². The minimum atomic E-state index is -0.622. The van der Waals surface area contributed by atoms with Crippen molar-refractivity contribution in [2.75, 3.05) is 25.6 Å². The minimum Gasteiger partial charge on any atom is -0.481 e. The van der Waals surface area contributed by atoms with Gasteiger partial charge in [0.2, 0.25) is 11.8 Å². The second-order valence-electron chi connectivity index (χ2n) is 5.74. The number of methoxy groups -OCH3 is 1. The predicted molar refractivity (Wildman–Crippen MR) is 92.6 cm³/mol. The molecule has 0 bridgehead atoms. The first kappa shape index (κ1) is 16.7. The number of halogens is 1. The molecule has 1 aliphatic rings. The number of carbonyl (C=O) groups is 1. The van der Waals surface area contributed by atoms with Crippen LogP contribution in [-0.2, 0) is 14.9 Å². The molecule has 2 aromatic rings. The van der Waals surface area contributed by atoms with Crippen LogP contribution >= 0.6 is 11.6 Å². The van der Waals surface area contributed by atoms with Gasteiger partial charge in [-0.25, -0.2) is 4.98 Å². The number of rotatable bonds is 4. The van der Waals surface area contributed by atoms with E-state index in [-0.39, 0.29) is 5.91 Å². The van der Waals surface area contributed by atoms with E-state index in [4.69, 9.17) is 21.1 Å². The van der Waals surface area contributed by atoms with E-state index in [0.29, 0.717) is 42.6 Å². The van der Waals surface area contributed by atoms with Crippen LogP contribution in [0.15, 0.2) is 42.6 Å². The molecule has 24 heavy (non-hydrogen) atoms. The number of nitrogens with zero attached hydrogens (tertiary/aromatic N) is 1. The van der Waals surface area contributed by atoms with Crippen molar-refractivity contribution in [1.29, 1.82) is 0 Å². The summed E-state index contributed by atoms with van der Waals surface area (Å²) in [6.07, 6.45) is 2.85. The van der Waals surface area contributed by atoms with E-state index >= 15 is 0 Å². The van der Waals surface area contributed by atoms with Crippen molar-refractivity contribution in [3.05, 3.63) is 53.2 Å². The maximum absolute atomic E-state index is 13.1. The summed E-state index contributed by atoms with van der Waals surface area (Å²) < 4.78 is 10.5. The first-order valence-electron chi connectivity index (χ1n) is 7.79. The second-order valence-corrected chi connectivity index (χ2v) is 6.18. The van der Waals surface area contributed by atoms with Crippen LogP contribution in [0.5, 0.6) is 5.88 Å². The maximum Gasteiger partial charge on any atom is 0.235 e. The van der Waals surface area contributed by atoms with Gasteiger partial charge in [0.05, 0.1) is 24.4 Å². The SMILES string of the molecule is COc1ccc(NC(=O)C2(c3ccc(Cl)cc3)CCOCC2)cn1. The highest BCUT2D eigenvalue weighted by atomic mass is 35.5. The fourth-order valence-electron chi connectivity index (χ4n) is 2.96. The first-order valence-corrected chi connectivity index (χ1v) is 8.17. The van der Waals surface area contributed by atoms with Crippen molar-refractivity contribution in [3.63, 3.8) is 0 Å². The zero-order chi connectivity index (χ0) is 17.0. The monoisotopic (exact) mass is 346 g/mol. The Morgan fingerprint density at radius 2 is 1.92 bits per heavy atom. The van der Waals surface area contributed by atoms with Gasteiger partial charge >= 0.3 is 0 Å². The zero-order valence-electron chi connectivity index (χ0n) is 13.4. The normalized spacial score (nSPS) is 16.4. The molecule has 0 aliphatic carbocycles. The van der Waals surface area contributed by atoms with Crippen molar-refractivity contribution in [1.82, 2.24) is 4.98 Å². The minimum absolute atomic E-state index is 0.0555. The van der Waals surface area contributed by atoms with Gasteiger partial charge in [-0.3, -0.25) is 4.79 Å². The molecule has 1 amide bonds. The van der Waals surface area contributed by atoms with Gasteiger partial charge in [0.1, 0.15) is 0 Å². The molecule has 3 rings (SSSR count). The molecular weight excluding hydrogens is 328 g/mol. The first-order chi connectivity index (χ1) is 11.6. The van der Waals surface area contributed by atoms with E-state index in [1.165, 1.54) is 0 Å². The molecule has 0 saturated carbocycles. The van der Waals surface area contributed by atoms with Crippen LogP contribution < -0.4 is 10.1 Å². The summed E-state index contributed by atoms with van der Waals surface area (Å²) >= 11 is 5.99. The Bertz CT molecular complexity index is 695. The summed E-state index contributed by atoms with van der Waals surface area (Å²) in [5.41, 5.74) is 0.970. The number of amides is 1. The molecule has 2 heterocycles. The third-order valence-electron chi connectivity index (χ3n) is 4.38. The predicted octanol–water partition coefficient (Wildman–Crippen LogP) is 3.43. The third-order valence-corrected chi connectivity index (χ3v) is 4.63. The molecule has 1 aliphatic heterocycles. The zero-order valence-corrected chi connectivity index (χ0v) is 14.2. The highest BCUT2D eigenvalue weighted by molar-refractivity contribution is 6.30. The summed E-state index contributed by atoms with van der Waals surface area (Å²) in [6, 6.07) is 11.0. The van der Waals surface area contributed by atoms with Crippen molar-refractivity contribution in [3.8, 4) is 5.88 Å². The smallest absolute Gasteiger partial charge is 0.235 e. The van der Waals surface area contributed by atoms with E-state index in [0.717, 1.165) is 5.56 Å². The molecule has 1 aromatic carbocycles. The fraction of sp³-hybridized carbons (Fsp3) is 0.333. The number of pyridine rings is 1. The van der Waals surface area contributed by atoms with E-state index in [9.17, 15) is 4.79 Å². The summed E-state index contributed by atoms with van der Waals surface area (Å²) in [7, 11) is 1.55. The molecule has 1 saturated heterocycles. The molecule has 5 nitrogen and oxygen atoms in total. The Morgan fingerprint density at radius 3 is 2.50 bits per heavy atom. The topological polar surface area (TPSA) is 60.5 Å². The number of anilines is 1. The number of aromatic nitrogens is 1. The van der Waals surface area contributed by atoms with Gasteiger partial charge in [-0.15, -0.1) is 0 Å². The number of nitrogens with one attached hydrogen (secondary N) is 1. The molecule has 0 radical (unpaired) electrons. The van der Waals surface area contributed by atoms with Gasteiger partial charge in [0.15, 0.2) is 0 Å². The molecule has 0 spiro atoms. The van der Waals surface area contributed by atoms with Crippen molar-refractivity contribution in [2.45, 2.75) is 18.3 Å². The van der Waals surface area contributed by atoms with Crippen LogP contribution in [0.3, 0.4) is 0 Å². The Morgan fingerprint density at radius 1 is 1.21 bits per heavy atom. The van der Waals surface area contributed by atoms with Gasteiger partial charge in [-0.05, 0) is 36.6 Å². The third kappa shape index (κ3) is 3.37. The highest BCUT2D eigenvalue weighted by Crippen LogP contribution is 2.36. The van der Waals surface area contributed by atoms with Gasteiger partial charge in [0.25, 0.3) is 0 Å². The van der Waals surface area contributed by atoms with E-state index in [1.807, 2.05) is 24.3 Å². The van der Waals surface area contributed by atoms with Crippen molar-refractivity contribution in [2.24, 2.45) is 0 Å². The average Bonchev–Trinajstić information content (AvgIpc) is 2.63. The lowest BCUT2D eigenvalue weighted by molar-refractivity contribution is -0.125. The standard InChI is InChI=1S/C18H19ClN2O3/c1-23-16-7-6-15(12-20-16)21-17(22)18(8-10-24-11-9-18)13-2-4-14(19)5-3-13/h2-7,12H,8-11H2,1H3,(H,21,22). The van der Waals surface area contributed by atoms with E-state index in [2.05, 4.69) is 10.3 Å². The second kappa shape index (κ2) is 7.20. The molecule has 126 valence electrons. The van der Waals surface area contributed by atoms with Crippen LogP contribution in [0.2, 0.25) is 5.02 Å². The van der Waals surface area contributed by atoms with Crippen LogP contribution in [0.1, 0.15) is 18.4 Å². The van der Waals surface area contributed by atoms with Gasteiger partial charge in [-0.1, -0.05) is 23.7 Å². The van der Waals surface area contributed by atoms with Crippen LogP contribution in [0, 0.1) is 0 Å². The summed E-state index contributed by atoms with van der Waals surface area (Å²) in [6.45, 7) is 1.10. The Kier molecular flexibility index (Phi) is 5.02. The lowest BCUT2D eigenvalue weighted by Crippen LogP contribution is -2.44. The number of carbonyl (C=O) groups excluding carboxylic acids is 1. The van der Waals surface area contributed by atoms with E-state index < -0.39 is 5.41 Å². The average molecular weight is 347 g/mol. The molecule has 0 atom stereocenters. The highest BCUT2D eigenvalue weighted by Gasteiger charge is 2.41. The van der Waals surface area contributed by atoms with Crippen LogP contribution in [0.25, 0.3) is 0 Å². The lowest BCUT2D eigenvalue weighted by atomic mass is 9.73. The quantitative estimate of drug-likeness (QED) is 0.921. The summed E-state index contributed by atoms with van der Waals surface area (Å²) in [4.78, 5) is 17.2. The molecule has 1 N–H and O–H groups in total. The van der Waals surface area contributed by atoms with Crippen LogP contribution in [-0.4, -0.2) is 31.2 Å². The molecular formula is C18H19ClN2O3. The molecule has 1 aromatic heterocycles. The summed E-state index contributed by atoms with van der Waals surface area (Å²) in [5.74, 6) is 0.451. The Hall–Kier alpha value is -2.11. The molecule has 6 heteroatoms. The number of hydrogen-bond donors (Lipinski definition) is 1. The number of hydrogen-bond acceptors (Lipinski definition) is 4. The molecule has 1 fully saturated rings. The van der Waals surface area contributed by atoms with Crippen molar-refractivity contribution < 1.29 is 14.3 Å². The van der Waals surface area contributed by atoms with Gasteiger partial charge < -0.3 is 14.8 Å². The Balaban J connectivity index is 1.87. The Labute approximate surface area is 145 Å². The largest absolute Gasteiger partial charge is 0.481 e. The van der Waals surface area contributed by atoms with E-state index in [1.54, 1.807) is 25.4 Å². The fourth-order valence-corrected chi connectivity index (χ4v) is 3.09. The van der Waals surface area contributed by atoms with Crippen LogP contribution in [0.4, 0.5) is 5.69 Å². The number of benzene rings is 1. The lowest BCUT2D eigenvalue weighted by Gasteiger charge is -2.36. The summed E-state index contributed by atoms with van der Waals surface area (Å²) in [5, 5.41) is 3.62. The molecule has 0 unspecified atom stereocenters. The van der Waals surface area contributed by atoms with Gasteiger partial charge in [0, 0.05) is 24.3 Å².